The molecule has 0 saturated carbocycles. The fourth-order valence-electron chi connectivity index (χ4n) is 2.41. The average Bonchev–Trinajstić information content (AvgIpc) is 2.84. The quantitative estimate of drug-likeness (QED) is 0.864. The predicted octanol–water partition coefficient (Wildman–Crippen LogP) is 0.926. The highest BCUT2D eigenvalue weighted by atomic mass is 16.2. The number of aryl methyl sites for hydroxylation is 2. The van der Waals surface area contributed by atoms with E-state index in [9.17, 15) is 9.59 Å². The van der Waals surface area contributed by atoms with E-state index in [1.165, 1.54) is 6.92 Å². The van der Waals surface area contributed by atoms with E-state index < -0.39 is 5.41 Å². The fourth-order valence-corrected chi connectivity index (χ4v) is 2.41. The molecule has 1 aromatic heterocycles. The van der Waals surface area contributed by atoms with Crippen molar-refractivity contribution in [2.75, 3.05) is 18.4 Å². The van der Waals surface area contributed by atoms with Gasteiger partial charge in [0, 0.05) is 33.3 Å². The maximum absolute atomic E-state index is 12.4. The van der Waals surface area contributed by atoms with Crippen LogP contribution in [-0.4, -0.2) is 39.6 Å². The Morgan fingerprint density at radius 1 is 1.47 bits per heavy atom. The van der Waals surface area contributed by atoms with Crippen LogP contribution in [0.5, 0.6) is 0 Å². The lowest BCUT2D eigenvalue weighted by molar-refractivity contribution is -0.129. The van der Waals surface area contributed by atoms with Crippen LogP contribution < -0.4 is 5.32 Å². The second kappa shape index (κ2) is 4.68. The van der Waals surface area contributed by atoms with Gasteiger partial charge in [-0.2, -0.15) is 5.10 Å². The second-order valence-electron chi connectivity index (χ2n) is 5.51. The Kier molecular flexibility index (Phi) is 3.34. The summed E-state index contributed by atoms with van der Waals surface area (Å²) < 4.78 is 1.67. The van der Waals surface area contributed by atoms with E-state index >= 15 is 0 Å². The van der Waals surface area contributed by atoms with Gasteiger partial charge in [0.25, 0.3) is 0 Å². The monoisotopic (exact) mass is 264 g/mol. The Morgan fingerprint density at radius 3 is 2.63 bits per heavy atom. The molecule has 104 valence electrons. The van der Waals surface area contributed by atoms with E-state index in [2.05, 4.69) is 10.4 Å². The lowest BCUT2D eigenvalue weighted by atomic mass is 9.88. The molecule has 2 rings (SSSR count). The molecular weight excluding hydrogens is 244 g/mol. The number of nitrogens with one attached hydrogen (secondary N) is 1. The Hall–Kier alpha value is -1.85. The van der Waals surface area contributed by atoms with Crippen molar-refractivity contribution in [1.82, 2.24) is 14.7 Å². The third kappa shape index (κ3) is 2.62. The van der Waals surface area contributed by atoms with Crippen molar-refractivity contribution in [1.29, 1.82) is 0 Å². The van der Waals surface area contributed by atoms with Crippen molar-refractivity contribution >= 4 is 17.5 Å². The number of likely N-dealkylation sites (tertiary alicyclic amines) is 1. The molecule has 1 fully saturated rings. The lowest BCUT2D eigenvalue weighted by Crippen LogP contribution is -2.37. The van der Waals surface area contributed by atoms with E-state index in [4.69, 9.17) is 0 Å². The first-order valence-electron chi connectivity index (χ1n) is 6.39. The van der Waals surface area contributed by atoms with Gasteiger partial charge in [-0.1, -0.05) is 0 Å². The number of rotatable bonds is 2. The van der Waals surface area contributed by atoms with Crippen molar-refractivity contribution in [2.45, 2.75) is 27.2 Å². The number of carbonyl (C=O) groups excluding carboxylic acids is 2. The Bertz CT molecular complexity index is 523. The third-order valence-electron chi connectivity index (χ3n) is 3.73. The standard InChI is InChI=1S/C13H20N4O2/c1-9-11(7-16(4)15-9)14-12(19)13(3)5-6-17(8-13)10(2)18/h7H,5-6,8H2,1-4H3,(H,14,19)/t13-/m0/s1. The highest BCUT2D eigenvalue weighted by Crippen LogP contribution is 2.31. The predicted molar refractivity (Wildman–Crippen MR) is 71.6 cm³/mol. The summed E-state index contributed by atoms with van der Waals surface area (Å²) in [5.41, 5.74) is 1.00. The maximum Gasteiger partial charge on any atom is 0.232 e. The number of amides is 2. The minimum absolute atomic E-state index is 0.0223. The van der Waals surface area contributed by atoms with Gasteiger partial charge >= 0.3 is 0 Å². The number of carbonyl (C=O) groups is 2. The molecule has 1 aliphatic rings. The normalized spacial score (nSPS) is 22.6. The van der Waals surface area contributed by atoms with E-state index in [0.29, 0.717) is 19.5 Å². The molecule has 0 aliphatic carbocycles. The van der Waals surface area contributed by atoms with Crippen LogP contribution in [0.2, 0.25) is 0 Å². The molecule has 1 aliphatic heterocycles. The highest BCUT2D eigenvalue weighted by molar-refractivity contribution is 5.96. The fraction of sp³-hybridized carbons (Fsp3) is 0.615. The summed E-state index contributed by atoms with van der Waals surface area (Å²) in [6.07, 6.45) is 2.48. The van der Waals surface area contributed by atoms with Crippen LogP contribution in [-0.2, 0) is 16.6 Å². The molecule has 1 atom stereocenters. The zero-order chi connectivity index (χ0) is 14.2. The van der Waals surface area contributed by atoms with Crippen molar-refractivity contribution in [3.63, 3.8) is 0 Å². The Labute approximate surface area is 112 Å². The van der Waals surface area contributed by atoms with Crippen molar-refractivity contribution in [3.8, 4) is 0 Å². The smallest absolute Gasteiger partial charge is 0.232 e. The Balaban J connectivity index is 2.08. The molecule has 0 radical (unpaired) electrons. The van der Waals surface area contributed by atoms with Crippen LogP contribution in [0.15, 0.2) is 6.20 Å². The SMILES string of the molecule is CC(=O)N1CC[C@](C)(C(=O)Nc2cn(C)nc2C)C1. The zero-order valence-corrected chi connectivity index (χ0v) is 11.9. The summed E-state index contributed by atoms with van der Waals surface area (Å²) in [5.74, 6) is -0.0265. The van der Waals surface area contributed by atoms with Gasteiger partial charge in [-0.15, -0.1) is 0 Å². The van der Waals surface area contributed by atoms with Crippen LogP contribution in [0.1, 0.15) is 26.0 Å². The molecule has 0 spiro atoms. The minimum Gasteiger partial charge on any atom is -0.342 e. The minimum atomic E-state index is -0.520. The summed E-state index contributed by atoms with van der Waals surface area (Å²) >= 11 is 0. The number of anilines is 1. The Morgan fingerprint density at radius 2 is 2.16 bits per heavy atom. The van der Waals surface area contributed by atoms with Gasteiger partial charge in [0.05, 0.1) is 16.8 Å². The molecule has 6 nitrogen and oxygen atoms in total. The van der Waals surface area contributed by atoms with E-state index in [-0.39, 0.29) is 11.8 Å². The van der Waals surface area contributed by atoms with Gasteiger partial charge in [0.2, 0.25) is 11.8 Å². The maximum atomic E-state index is 12.4. The van der Waals surface area contributed by atoms with E-state index in [0.717, 1.165) is 11.4 Å². The summed E-state index contributed by atoms with van der Waals surface area (Å²) in [6, 6.07) is 0. The summed E-state index contributed by atoms with van der Waals surface area (Å²) in [6.45, 7) is 6.42. The molecule has 2 amide bonds. The van der Waals surface area contributed by atoms with Crippen LogP contribution in [0.4, 0.5) is 5.69 Å². The molecular formula is C13H20N4O2. The van der Waals surface area contributed by atoms with Crippen LogP contribution >= 0.6 is 0 Å². The average molecular weight is 264 g/mol. The highest BCUT2D eigenvalue weighted by Gasteiger charge is 2.41. The van der Waals surface area contributed by atoms with Gasteiger partial charge < -0.3 is 10.2 Å². The molecule has 6 heteroatoms. The van der Waals surface area contributed by atoms with Gasteiger partial charge in [-0.25, -0.2) is 0 Å². The molecule has 1 N–H and O–H groups in total. The topological polar surface area (TPSA) is 67.2 Å². The van der Waals surface area contributed by atoms with Crippen molar-refractivity contribution < 1.29 is 9.59 Å². The summed E-state index contributed by atoms with van der Waals surface area (Å²) in [7, 11) is 1.82. The van der Waals surface area contributed by atoms with Crippen LogP contribution in [0, 0.1) is 12.3 Å². The largest absolute Gasteiger partial charge is 0.342 e. The number of hydrogen-bond donors (Lipinski definition) is 1. The molecule has 0 bridgehead atoms. The zero-order valence-electron chi connectivity index (χ0n) is 11.9. The molecule has 0 aromatic carbocycles. The molecule has 2 heterocycles. The van der Waals surface area contributed by atoms with Crippen molar-refractivity contribution in [3.05, 3.63) is 11.9 Å². The summed E-state index contributed by atoms with van der Waals surface area (Å²) in [4.78, 5) is 25.5. The van der Waals surface area contributed by atoms with Gasteiger partial charge in [-0.05, 0) is 20.3 Å². The van der Waals surface area contributed by atoms with Crippen molar-refractivity contribution in [2.24, 2.45) is 12.5 Å². The first-order valence-corrected chi connectivity index (χ1v) is 6.39. The van der Waals surface area contributed by atoms with Crippen LogP contribution in [0.3, 0.4) is 0 Å². The van der Waals surface area contributed by atoms with Crippen LogP contribution in [0.25, 0.3) is 0 Å². The first kappa shape index (κ1) is 13.6. The van der Waals surface area contributed by atoms with Gasteiger partial charge in [0.15, 0.2) is 0 Å². The molecule has 1 aromatic rings. The van der Waals surface area contributed by atoms with E-state index in [1.54, 1.807) is 15.8 Å². The molecule has 19 heavy (non-hydrogen) atoms. The lowest BCUT2D eigenvalue weighted by Gasteiger charge is -2.23. The second-order valence-corrected chi connectivity index (χ2v) is 5.51. The number of hydrogen-bond acceptors (Lipinski definition) is 3. The van der Waals surface area contributed by atoms with Gasteiger partial charge in [0.1, 0.15) is 0 Å². The summed E-state index contributed by atoms with van der Waals surface area (Å²) in [5, 5.41) is 7.11. The number of aromatic nitrogens is 2. The molecule has 0 unspecified atom stereocenters. The first-order chi connectivity index (χ1) is 8.82. The molecule has 1 saturated heterocycles. The third-order valence-corrected chi connectivity index (χ3v) is 3.73. The van der Waals surface area contributed by atoms with E-state index in [1.807, 2.05) is 20.9 Å². The number of nitrogens with zero attached hydrogens (tertiary/aromatic N) is 3. The van der Waals surface area contributed by atoms with Gasteiger partial charge in [-0.3, -0.25) is 14.3 Å².